The number of hydrogen-bond acceptors (Lipinski definition) is 4. The molecule has 3 aromatic rings. The van der Waals surface area contributed by atoms with Crippen LogP contribution in [0.4, 0.5) is 10.3 Å². The van der Waals surface area contributed by atoms with Crippen molar-refractivity contribution in [3.8, 4) is 0 Å². The van der Waals surface area contributed by atoms with Crippen molar-refractivity contribution < 1.29 is 4.39 Å². The van der Waals surface area contributed by atoms with E-state index in [-0.39, 0.29) is 6.04 Å². The molecule has 2 aromatic heterocycles. The minimum Gasteiger partial charge on any atom is -0.340 e. The van der Waals surface area contributed by atoms with Gasteiger partial charge in [0.05, 0.1) is 33.8 Å². The molecule has 0 saturated carbocycles. The lowest BCUT2D eigenvalue weighted by Crippen LogP contribution is -2.50. The smallest absolute Gasteiger partial charge is 0.207 e. The summed E-state index contributed by atoms with van der Waals surface area (Å²) in [5, 5.41) is 0.604. The zero-order valence-corrected chi connectivity index (χ0v) is 15.3. The number of nitrogens with zero attached hydrogens (tertiary/aromatic N) is 4. The first-order chi connectivity index (χ1) is 12.5. The maximum absolute atomic E-state index is 13.8. The monoisotopic (exact) mass is 373 g/mol. The van der Waals surface area contributed by atoms with Crippen molar-refractivity contribution in [3.63, 3.8) is 0 Å². The number of alkyl halides is 1. The van der Waals surface area contributed by atoms with Gasteiger partial charge in [-0.3, -0.25) is 4.98 Å². The molecule has 3 atom stereocenters. The predicted octanol–water partition coefficient (Wildman–Crippen LogP) is 3.57. The fourth-order valence-electron chi connectivity index (χ4n) is 3.54. The Morgan fingerprint density at radius 2 is 2.08 bits per heavy atom. The van der Waals surface area contributed by atoms with Gasteiger partial charge in [0.15, 0.2) is 0 Å². The van der Waals surface area contributed by atoms with Gasteiger partial charge in [0.1, 0.15) is 6.17 Å². The Hall–Kier alpha value is -2.18. The number of hydrogen-bond donors (Lipinski definition) is 1. The number of halogens is 2. The van der Waals surface area contributed by atoms with E-state index in [1.54, 1.807) is 6.20 Å². The van der Waals surface area contributed by atoms with Crippen LogP contribution < -0.4 is 10.6 Å². The molecule has 136 valence electrons. The van der Waals surface area contributed by atoms with Crippen molar-refractivity contribution in [2.75, 3.05) is 18.0 Å². The number of fused-ring (bicyclic) bond motifs is 1. The van der Waals surface area contributed by atoms with E-state index in [9.17, 15) is 4.39 Å². The van der Waals surface area contributed by atoms with Crippen LogP contribution in [-0.4, -0.2) is 39.8 Å². The number of rotatable bonds is 3. The molecule has 1 saturated heterocycles. The number of benzene rings is 1. The summed E-state index contributed by atoms with van der Waals surface area (Å²) in [6.07, 6.45) is 1.11. The third kappa shape index (κ3) is 3.04. The van der Waals surface area contributed by atoms with Gasteiger partial charge in [-0.15, -0.1) is 0 Å². The summed E-state index contributed by atoms with van der Waals surface area (Å²) in [7, 11) is 0. The van der Waals surface area contributed by atoms with Gasteiger partial charge >= 0.3 is 0 Å². The molecule has 1 aliphatic heterocycles. The van der Waals surface area contributed by atoms with E-state index in [1.165, 1.54) is 0 Å². The summed E-state index contributed by atoms with van der Waals surface area (Å²) in [5.74, 6) is 0.804. The Kier molecular flexibility index (Phi) is 4.54. The molecule has 3 unspecified atom stereocenters. The Bertz CT molecular complexity index is 910. The second kappa shape index (κ2) is 6.85. The van der Waals surface area contributed by atoms with Crippen LogP contribution in [0.5, 0.6) is 0 Å². The summed E-state index contributed by atoms with van der Waals surface area (Å²) in [5.41, 5.74) is 8.78. The summed E-state index contributed by atoms with van der Waals surface area (Å²) >= 11 is 5.98. The molecule has 7 heteroatoms. The number of piperidine rings is 1. The lowest BCUT2D eigenvalue weighted by molar-refractivity contribution is 0.243. The first-order valence-corrected chi connectivity index (χ1v) is 9.15. The highest BCUT2D eigenvalue weighted by molar-refractivity contribution is 6.30. The fourth-order valence-corrected chi connectivity index (χ4v) is 3.65. The van der Waals surface area contributed by atoms with Gasteiger partial charge in [0.25, 0.3) is 0 Å². The molecule has 2 N–H and O–H groups in total. The van der Waals surface area contributed by atoms with E-state index in [2.05, 4.69) is 21.4 Å². The quantitative estimate of drug-likeness (QED) is 0.762. The SMILES string of the molecule is CC(c1ccc(Cl)cn1)n1c(N2CCC(F)C(N)C2)nc2ccccc21. The highest BCUT2D eigenvalue weighted by Gasteiger charge is 2.30. The van der Waals surface area contributed by atoms with Crippen LogP contribution >= 0.6 is 11.6 Å². The maximum atomic E-state index is 13.8. The van der Waals surface area contributed by atoms with Crippen molar-refractivity contribution in [1.82, 2.24) is 14.5 Å². The third-order valence-corrected chi connectivity index (χ3v) is 5.22. The molecule has 1 fully saturated rings. The molecule has 1 aromatic carbocycles. The summed E-state index contributed by atoms with van der Waals surface area (Å²) in [6.45, 7) is 3.12. The van der Waals surface area contributed by atoms with Crippen molar-refractivity contribution in [2.24, 2.45) is 5.73 Å². The van der Waals surface area contributed by atoms with Gasteiger partial charge in [-0.1, -0.05) is 23.7 Å². The zero-order valence-electron chi connectivity index (χ0n) is 14.5. The van der Waals surface area contributed by atoms with Gasteiger partial charge in [0.2, 0.25) is 5.95 Å². The van der Waals surface area contributed by atoms with Crippen molar-refractivity contribution in [2.45, 2.75) is 31.6 Å². The largest absolute Gasteiger partial charge is 0.340 e. The number of anilines is 1. The lowest BCUT2D eigenvalue weighted by Gasteiger charge is -2.34. The normalized spacial score (nSPS) is 21.9. The molecular weight excluding hydrogens is 353 g/mol. The van der Waals surface area contributed by atoms with E-state index in [0.717, 1.165) is 22.7 Å². The number of pyridine rings is 1. The maximum Gasteiger partial charge on any atom is 0.207 e. The molecular formula is C19H21ClFN5. The summed E-state index contributed by atoms with van der Waals surface area (Å²) in [6, 6.07) is 11.2. The van der Waals surface area contributed by atoms with Gasteiger partial charge in [-0.25, -0.2) is 9.37 Å². The highest BCUT2D eigenvalue weighted by atomic mass is 35.5. The van der Waals surface area contributed by atoms with Crippen LogP contribution in [-0.2, 0) is 0 Å². The average molecular weight is 374 g/mol. The first kappa shape index (κ1) is 17.2. The van der Waals surface area contributed by atoms with Crippen molar-refractivity contribution >= 4 is 28.6 Å². The van der Waals surface area contributed by atoms with Crippen LogP contribution in [0.2, 0.25) is 5.02 Å². The second-order valence-electron chi connectivity index (χ2n) is 6.76. The van der Waals surface area contributed by atoms with Gasteiger partial charge in [-0.05, 0) is 37.6 Å². The number of para-hydroxylation sites is 2. The van der Waals surface area contributed by atoms with Crippen LogP contribution in [0.25, 0.3) is 11.0 Å². The van der Waals surface area contributed by atoms with Gasteiger partial charge in [-0.2, -0.15) is 0 Å². The molecule has 0 aliphatic carbocycles. The van der Waals surface area contributed by atoms with Crippen LogP contribution in [0.3, 0.4) is 0 Å². The molecule has 1 aliphatic rings. The van der Waals surface area contributed by atoms with E-state index in [1.807, 2.05) is 36.4 Å². The molecule has 26 heavy (non-hydrogen) atoms. The lowest BCUT2D eigenvalue weighted by atomic mass is 10.1. The fraction of sp³-hybridized carbons (Fsp3) is 0.368. The van der Waals surface area contributed by atoms with Crippen LogP contribution in [0.15, 0.2) is 42.6 Å². The summed E-state index contributed by atoms with van der Waals surface area (Å²) in [4.78, 5) is 11.4. The van der Waals surface area contributed by atoms with Crippen molar-refractivity contribution in [3.05, 3.63) is 53.3 Å². The molecule has 0 spiro atoms. The van der Waals surface area contributed by atoms with Crippen LogP contribution in [0.1, 0.15) is 25.1 Å². The Balaban J connectivity index is 1.80. The van der Waals surface area contributed by atoms with Crippen LogP contribution in [0, 0.1) is 0 Å². The van der Waals surface area contributed by atoms with E-state index in [4.69, 9.17) is 22.3 Å². The van der Waals surface area contributed by atoms with E-state index >= 15 is 0 Å². The zero-order chi connectivity index (χ0) is 18.3. The standard InChI is InChI=1S/C19H21ClFN5/c1-12(16-7-6-13(20)10-23-16)26-18-5-3-2-4-17(18)24-19(26)25-9-8-14(21)15(22)11-25/h2-7,10,12,14-15H,8-9,11,22H2,1H3. The number of imidazole rings is 1. The minimum atomic E-state index is -0.959. The molecule has 0 radical (unpaired) electrons. The first-order valence-electron chi connectivity index (χ1n) is 8.77. The molecule has 4 rings (SSSR count). The second-order valence-corrected chi connectivity index (χ2v) is 7.20. The van der Waals surface area contributed by atoms with E-state index < -0.39 is 12.2 Å². The highest BCUT2D eigenvalue weighted by Crippen LogP contribution is 2.31. The average Bonchev–Trinajstić information content (AvgIpc) is 3.03. The topological polar surface area (TPSA) is 60.0 Å². The van der Waals surface area contributed by atoms with Crippen molar-refractivity contribution in [1.29, 1.82) is 0 Å². The Morgan fingerprint density at radius 1 is 1.27 bits per heavy atom. The van der Waals surface area contributed by atoms with Gasteiger partial charge in [0, 0.05) is 19.3 Å². The summed E-state index contributed by atoms with van der Waals surface area (Å²) < 4.78 is 16.0. The molecule has 3 heterocycles. The number of aromatic nitrogens is 3. The predicted molar refractivity (Wildman–Crippen MR) is 102 cm³/mol. The Morgan fingerprint density at radius 3 is 2.81 bits per heavy atom. The number of nitrogens with two attached hydrogens (primary N) is 1. The molecule has 0 amide bonds. The Labute approximate surface area is 156 Å². The molecule has 0 bridgehead atoms. The van der Waals surface area contributed by atoms with E-state index in [0.29, 0.717) is 24.5 Å². The minimum absolute atomic E-state index is 0.0472. The third-order valence-electron chi connectivity index (χ3n) is 5.00. The molecule has 5 nitrogen and oxygen atoms in total. The van der Waals surface area contributed by atoms with Gasteiger partial charge < -0.3 is 15.2 Å².